The van der Waals surface area contributed by atoms with Gasteiger partial charge in [-0.25, -0.2) is 4.57 Å². The second-order valence-electron chi connectivity index (χ2n) is 14.3. The Morgan fingerprint density at radius 2 is 1.00 bits per heavy atom. The zero-order chi connectivity index (χ0) is 38.5. The molecule has 0 radical (unpaired) electrons. The van der Waals surface area contributed by atoms with Crippen molar-refractivity contribution in [3.05, 3.63) is 24.3 Å². The van der Waals surface area contributed by atoms with Gasteiger partial charge in [0.15, 0.2) is 6.10 Å². The third-order valence-electron chi connectivity index (χ3n) is 9.14. The van der Waals surface area contributed by atoms with Crippen LogP contribution in [0.4, 0.5) is 0 Å². The fourth-order valence-corrected chi connectivity index (χ4v) is 6.22. The normalized spacial score (nSPS) is 13.9. The first-order valence-electron chi connectivity index (χ1n) is 20.8. The van der Waals surface area contributed by atoms with Crippen LogP contribution in [-0.2, 0) is 28.2 Å². The number of esters is 2. The molecule has 0 saturated carbocycles. The van der Waals surface area contributed by atoms with E-state index in [1.165, 1.54) is 77.0 Å². The van der Waals surface area contributed by atoms with E-state index in [-0.39, 0.29) is 19.4 Å². The fourth-order valence-electron chi connectivity index (χ4n) is 5.86. The molecule has 0 aromatic heterocycles. The summed E-state index contributed by atoms with van der Waals surface area (Å²) in [4.78, 5) is 42.8. The van der Waals surface area contributed by atoms with Crippen molar-refractivity contribution in [3.8, 4) is 0 Å². The SMILES string of the molecule is CCCCC/C=C\C[C@@H](O)[C@H](O)CCCCCCCC(=O)OC[C@H](COP(=O)(O)O)OC(=O)CCCCCCCCC/C=C\CCCCCCCC. The van der Waals surface area contributed by atoms with Crippen molar-refractivity contribution in [2.75, 3.05) is 13.2 Å². The maximum Gasteiger partial charge on any atom is 0.469 e. The van der Waals surface area contributed by atoms with Crippen LogP contribution in [0.3, 0.4) is 0 Å². The van der Waals surface area contributed by atoms with Crippen LogP contribution in [0.25, 0.3) is 0 Å². The van der Waals surface area contributed by atoms with Gasteiger partial charge in [0, 0.05) is 12.8 Å². The molecule has 0 spiro atoms. The minimum Gasteiger partial charge on any atom is -0.462 e. The van der Waals surface area contributed by atoms with Crippen molar-refractivity contribution in [2.24, 2.45) is 0 Å². The first-order valence-corrected chi connectivity index (χ1v) is 22.3. The predicted molar refractivity (Wildman–Crippen MR) is 210 cm³/mol. The highest BCUT2D eigenvalue weighted by atomic mass is 31.2. The Labute approximate surface area is 316 Å². The Kier molecular flexibility index (Phi) is 35.3. The lowest BCUT2D eigenvalue weighted by Gasteiger charge is -2.18. The van der Waals surface area contributed by atoms with Crippen molar-refractivity contribution in [2.45, 2.75) is 212 Å². The molecular formula is C41H77O10P. The molecule has 10 nitrogen and oxygen atoms in total. The Balaban J connectivity index is 4.04. The van der Waals surface area contributed by atoms with Gasteiger partial charge in [-0.3, -0.25) is 14.1 Å². The first kappa shape index (κ1) is 50.5. The van der Waals surface area contributed by atoms with Crippen LogP contribution in [0.2, 0.25) is 0 Å². The molecule has 0 rings (SSSR count). The van der Waals surface area contributed by atoms with Crippen molar-refractivity contribution in [1.29, 1.82) is 0 Å². The fraction of sp³-hybridized carbons (Fsp3) is 0.854. The molecule has 0 aliphatic heterocycles. The molecule has 0 fully saturated rings. The van der Waals surface area contributed by atoms with E-state index in [0.717, 1.165) is 64.2 Å². The molecule has 306 valence electrons. The average molecular weight is 761 g/mol. The van der Waals surface area contributed by atoms with Gasteiger partial charge in [-0.2, -0.15) is 0 Å². The van der Waals surface area contributed by atoms with Crippen LogP contribution in [0.1, 0.15) is 194 Å². The van der Waals surface area contributed by atoms with Gasteiger partial charge in [-0.1, -0.05) is 141 Å². The van der Waals surface area contributed by atoms with E-state index in [1.807, 2.05) is 6.08 Å². The summed E-state index contributed by atoms with van der Waals surface area (Å²) in [5.41, 5.74) is 0. The van der Waals surface area contributed by atoms with Gasteiger partial charge in [-0.05, 0) is 64.2 Å². The largest absolute Gasteiger partial charge is 0.469 e. The van der Waals surface area contributed by atoms with Crippen LogP contribution in [0, 0.1) is 0 Å². The van der Waals surface area contributed by atoms with Crippen molar-refractivity contribution < 1.29 is 48.2 Å². The van der Waals surface area contributed by atoms with Crippen LogP contribution < -0.4 is 0 Å². The number of aliphatic hydroxyl groups is 2. The minimum atomic E-state index is -4.79. The van der Waals surface area contributed by atoms with Gasteiger partial charge in [0.05, 0.1) is 18.8 Å². The van der Waals surface area contributed by atoms with E-state index in [1.54, 1.807) is 0 Å². The standard InChI is InChI=1S/C41H77O10P/c1-3-5-7-9-11-12-13-14-15-16-17-18-19-20-21-25-30-34-41(45)51-37(36-50-52(46,47)48)35-49-40(44)33-29-26-22-24-28-32-39(43)38(42)31-27-23-10-8-6-4-2/h14-15,23,27,37-39,42-43H,3-13,16-22,24-26,28-36H2,1-2H3,(H2,46,47,48)/b15-14-,27-23-/t37-,38-,39-/m1/s1. The first-order chi connectivity index (χ1) is 25.1. The molecule has 0 aromatic rings. The van der Waals surface area contributed by atoms with E-state index < -0.39 is 44.7 Å². The Morgan fingerprint density at radius 3 is 1.56 bits per heavy atom. The number of phosphoric acid groups is 1. The van der Waals surface area contributed by atoms with E-state index >= 15 is 0 Å². The molecule has 3 atom stereocenters. The number of carbonyl (C=O) groups is 2. The number of allylic oxidation sites excluding steroid dienone is 3. The monoisotopic (exact) mass is 761 g/mol. The van der Waals surface area contributed by atoms with E-state index in [2.05, 4.69) is 36.6 Å². The molecule has 0 unspecified atom stereocenters. The number of carbonyl (C=O) groups excluding carboxylic acids is 2. The van der Waals surface area contributed by atoms with Gasteiger partial charge in [-0.15, -0.1) is 0 Å². The quantitative estimate of drug-likeness (QED) is 0.0206. The zero-order valence-electron chi connectivity index (χ0n) is 32.9. The third-order valence-corrected chi connectivity index (χ3v) is 9.63. The Morgan fingerprint density at radius 1 is 0.558 bits per heavy atom. The molecule has 0 aliphatic rings. The molecule has 52 heavy (non-hydrogen) atoms. The predicted octanol–water partition coefficient (Wildman–Crippen LogP) is 10.3. The third kappa shape index (κ3) is 36.8. The van der Waals surface area contributed by atoms with Gasteiger partial charge in [0.25, 0.3) is 0 Å². The van der Waals surface area contributed by atoms with Crippen LogP contribution in [-0.4, -0.2) is 63.5 Å². The number of unbranched alkanes of at least 4 members (excludes halogenated alkanes) is 20. The second kappa shape index (κ2) is 36.4. The van der Waals surface area contributed by atoms with Crippen molar-refractivity contribution in [1.82, 2.24) is 0 Å². The second-order valence-corrected chi connectivity index (χ2v) is 15.5. The number of phosphoric ester groups is 1. The Bertz CT molecular complexity index is 935. The van der Waals surface area contributed by atoms with Gasteiger partial charge >= 0.3 is 19.8 Å². The number of rotatable bonds is 38. The van der Waals surface area contributed by atoms with Crippen molar-refractivity contribution >= 4 is 19.8 Å². The lowest BCUT2D eigenvalue weighted by molar-refractivity contribution is -0.161. The summed E-state index contributed by atoms with van der Waals surface area (Å²) in [6.07, 6.45) is 33.5. The van der Waals surface area contributed by atoms with Crippen LogP contribution in [0.5, 0.6) is 0 Å². The summed E-state index contributed by atoms with van der Waals surface area (Å²) >= 11 is 0. The summed E-state index contributed by atoms with van der Waals surface area (Å²) in [6, 6.07) is 0. The molecule has 4 N–H and O–H groups in total. The summed E-state index contributed by atoms with van der Waals surface area (Å²) in [5.74, 6) is -0.998. The summed E-state index contributed by atoms with van der Waals surface area (Å²) in [7, 11) is -4.79. The molecular weight excluding hydrogens is 683 g/mol. The number of hydrogen-bond acceptors (Lipinski definition) is 8. The average Bonchev–Trinajstić information content (AvgIpc) is 3.11. The van der Waals surface area contributed by atoms with Crippen LogP contribution >= 0.6 is 7.82 Å². The smallest absolute Gasteiger partial charge is 0.462 e. The molecule has 0 aromatic carbocycles. The highest BCUT2D eigenvalue weighted by molar-refractivity contribution is 7.46. The molecule has 0 saturated heterocycles. The zero-order valence-corrected chi connectivity index (χ0v) is 33.8. The summed E-state index contributed by atoms with van der Waals surface area (Å²) < 4.78 is 26.3. The minimum absolute atomic E-state index is 0.169. The van der Waals surface area contributed by atoms with E-state index in [4.69, 9.17) is 19.3 Å². The van der Waals surface area contributed by atoms with Crippen molar-refractivity contribution in [3.63, 3.8) is 0 Å². The van der Waals surface area contributed by atoms with Gasteiger partial charge in [0.2, 0.25) is 0 Å². The summed E-state index contributed by atoms with van der Waals surface area (Å²) in [6.45, 7) is 3.49. The Hall–Kier alpha value is -1.55. The topological polar surface area (TPSA) is 160 Å². The van der Waals surface area contributed by atoms with Crippen LogP contribution in [0.15, 0.2) is 24.3 Å². The maximum atomic E-state index is 12.4. The summed E-state index contributed by atoms with van der Waals surface area (Å²) in [5, 5.41) is 20.3. The molecule has 0 amide bonds. The van der Waals surface area contributed by atoms with E-state index in [0.29, 0.717) is 25.7 Å². The number of aliphatic hydroxyl groups excluding tert-OH is 2. The maximum absolute atomic E-state index is 12.4. The molecule has 0 heterocycles. The van der Waals surface area contributed by atoms with Gasteiger partial charge in [0.1, 0.15) is 6.61 Å². The molecule has 0 aliphatic carbocycles. The number of ether oxygens (including phenoxy) is 2. The number of hydrogen-bond donors (Lipinski definition) is 4. The lowest BCUT2D eigenvalue weighted by Crippen LogP contribution is -2.29. The molecule has 0 bridgehead atoms. The molecule has 11 heteroatoms. The van der Waals surface area contributed by atoms with E-state index in [9.17, 15) is 24.4 Å². The highest BCUT2D eigenvalue weighted by Crippen LogP contribution is 2.36. The highest BCUT2D eigenvalue weighted by Gasteiger charge is 2.23. The lowest BCUT2D eigenvalue weighted by atomic mass is 10.0. The van der Waals surface area contributed by atoms with Gasteiger partial charge < -0.3 is 29.5 Å².